The number of nitrogens with zero attached hydrogens (tertiary/aromatic N) is 3. The zero-order valence-electron chi connectivity index (χ0n) is 11.9. The number of aromatic nitrogens is 2. The highest BCUT2D eigenvalue weighted by molar-refractivity contribution is 6.30. The molecule has 3 rings (SSSR count). The fraction of sp³-hybridized carbons (Fsp3) is 0.733. The SMILES string of the molecule is CCc1nc(Cl)c(C)c(N2CCC3(CCCC3)C2)n1. The Kier molecular flexibility index (Phi) is 3.42. The Balaban J connectivity index is 1.88. The van der Waals surface area contributed by atoms with Crippen molar-refractivity contribution in [2.75, 3.05) is 18.0 Å². The first-order valence-electron chi connectivity index (χ1n) is 7.41. The van der Waals surface area contributed by atoms with Gasteiger partial charge in [0.2, 0.25) is 0 Å². The molecule has 2 heterocycles. The molecule has 1 aliphatic carbocycles. The van der Waals surface area contributed by atoms with Crippen LogP contribution in [0.5, 0.6) is 0 Å². The van der Waals surface area contributed by atoms with Gasteiger partial charge in [0.05, 0.1) is 0 Å². The number of hydrogen-bond donors (Lipinski definition) is 0. The zero-order valence-corrected chi connectivity index (χ0v) is 12.6. The number of hydrogen-bond acceptors (Lipinski definition) is 3. The standard InChI is InChI=1S/C15H22ClN3/c1-3-12-17-13(16)11(2)14(18-12)19-9-8-15(10-19)6-4-5-7-15/h3-10H2,1-2H3. The van der Waals surface area contributed by atoms with Gasteiger partial charge >= 0.3 is 0 Å². The average Bonchev–Trinajstić information content (AvgIpc) is 3.04. The maximum absolute atomic E-state index is 6.25. The maximum atomic E-state index is 6.25. The summed E-state index contributed by atoms with van der Waals surface area (Å²) in [5, 5.41) is 0.620. The van der Waals surface area contributed by atoms with Crippen LogP contribution in [0.3, 0.4) is 0 Å². The van der Waals surface area contributed by atoms with Crippen LogP contribution in [0.15, 0.2) is 0 Å². The third kappa shape index (κ3) is 2.33. The van der Waals surface area contributed by atoms with Gasteiger partial charge < -0.3 is 4.90 Å². The van der Waals surface area contributed by atoms with Gasteiger partial charge in [0, 0.05) is 25.1 Å². The van der Waals surface area contributed by atoms with Gasteiger partial charge in [-0.2, -0.15) is 0 Å². The molecule has 0 N–H and O–H groups in total. The number of halogens is 1. The molecule has 2 fully saturated rings. The van der Waals surface area contributed by atoms with Crippen molar-refractivity contribution < 1.29 is 0 Å². The van der Waals surface area contributed by atoms with Crippen LogP contribution in [0, 0.1) is 12.3 Å². The van der Waals surface area contributed by atoms with Gasteiger partial charge in [0.1, 0.15) is 16.8 Å². The van der Waals surface area contributed by atoms with E-state index in [9.17, 15) is 0 Å². The largest absolute Gasteiger partial charge is 0.356 e. The zero-order chi connectivity index (χ0) is 13.5. The predicted molar refractivity (Wildman–Crippen MR) is 78.9 cm³/mol. The molecule has 0 aromatic carbocycles. The van der Waals surface area contributed by atoms with Crippen LogP contribution >= 0.6 is 11.6 Å². The van der Waals surface area contributed by atoms with E-state index in [-0.39, 0.29) is 0 Å². The molecule has 3 nitrogen and oxygen atoms in total. The van der Waals surface area contributed by atoms with Crippen LogP contribution in [-0.4, -0.2) is 23.1 Å². The Morgan fingerprint density at radius 2 is 1.95 bits per heavy atom. The predicted octanol–water partition coefficient (Wildman–Crippen LogP) is 3.77. The van der Waals surface area contributed by atoms with Gasteiger partial charge in [-0.3, -0.25) is 0 Å². The van der Waals surface area contributed by atoms with Gasteiger partial charge in [0.25, 0.3) is 0 Å². The number of aryl methyl sites for hydroxylation is 1. The van der Waals surface area contributed by atoms with Crippen molar-refractivity contribution in [3.05, 3.63) is 16.5 Å². The highest BCUT2D eigenvalue weighted by Gasteiger charge is 2.41. The molecule has 1 aromatic rings. The second-order valence-corrected chi connectivity index (χ2v) is 6.47. The fourth-order valence-corrected chi connectivity index (χ4v) is 3.82. The molecule has 19 heavy (non-hydrogen) atoms. The third-order valence-electron chi connectivity index (χ3n) is 4.83. The summed E-state index contributed by atoms with van der Waals surface area (Å²) >= 11 is 6.25. The first-order valence-corrected chi connectivity index (χ1v) is 7.79. The molecule has 1 saturated carbocycles. The van der Waals surface area contributed by atoms with Crippen molar-refractivity contribution in [3.63, 3.8) is 0 Å². The van der Waals surface area contributed by atoms with Crippen molar-refractivity contribution in [3.8, 4) is 0 Å². The fourth-order valence-electron chi connectivity index (χ4n) is 3.64. The molecule has 1 spiro atoms. The Bertz CT molecular complexity index is 481. The normalized spacial score (nSPS) is 21.5. The molecule has 1 saturated heterocycles. The van der Waals surface area contributed by atoms with Crippen LogP contribution in [0.4, 0.5) is 5.82 Å². The van der Waals surface area contributed by atoms with E-state index in [0.29, 0.717) is 10.6 Å². The molecule has 2 aliphatic rings. The summed E-state index contributed by atoms with van der Waals surface area (Å²) in [4.78, 5) is 11.5. The van der Waals surface area contributed by atoms with Crippen molar-refractivity contribution in [1.82, 2.24) is 9.97 Å². The molecule has 4 heteroatoms. The van der Waals surface area contributed by atoms with E-state index in [4.69, 9.17) is 16.6 Å². The molecule has 1 aliphatic heterocycles. The van der Waals surface area contributed by atoms with Gasteiger partial charge in [-0.15, -0.1) is 0 Å². The molecule has 0 amide bonds. The van der Waals surface area contributed by atoms with E-state index in [0.717, 1.165) is 36.7 Å². The minimum Gasteiger partial charge on any atom is -0.356 e. The van der Waals surface area contributed by atoms with Crippen LogP contribution in [-0.2, 0) is 6.42 Å². The molecule has 104 valence electrons. The second kappa shape index (κ2) is 4.93. The monoisotopic (exact) mass is 279 g/mol. The van der Waals surface area contributed by atoms with E-state index in [1.165, 1.54) is 32.1 Å². The lowest BCUT2D eigenvalue weighted by Crippen LogP contribution is -2.26. The molecule has 1 aromatic heterocycles. The van der Waals surface area contributed by atoms with E-state index in [1.807, 2.05) is 6.92 Å². The Morgan fingerprint density at radius 3 is 2.63 bits per heavy atom. The smallest absolute Gasteiger partial charge is 0.137 e. The quantitative estimate of drug-likeness (QED) is 0.772. The van der Waals surface area contributed by atoms with Crippen molar-refractivity contribution >= 4 is 17.4 Å². The lowest BCUT2D eigenvalue weighted by atomic mass is 9.86. The summed E-state index contributed by atoms with van der Waals surface area (Å²) in [6.07, 6.45) is 7.74. The van der Waals surface area contributed by atoms with Crippen LogP contribution in [0.1, 0.15) is 50.4 Å². The van der Waals surface area contributed by atoms with E-state index in [2.05, 4.69) is 16.8 Å². The summed E-state index contributed by atoms with van der Waals surface area (Å²) in [5.41, 5.74) is 1.60. The minimum absolute atomic E-state index is 0.566. The van der Waals surface area contributed by atoms with E-state index >= 15 is 0 Å². The highest BCUT2D eigenvalue weighted by Crippen LogP contribution is 2.46. The van der Waals surface area contributed by atoms with Crippen molar-refractivity contribution in [1.29, 1.82) is 0 Å². The van der Waals surface area contributed by atoms with Gasteiger partial charge in [-0.1, -0.05) is 31.4 Å². The van der Waals surface area contributed by atoms with Crippen LogP contribution < -0.4 is 4.90 Å². The Labute approximate surface area is 120 Å². The summed E-state index contributed by atoms with van der Waals surface area (Å²) in [5.74, 6) is 1.93. The second-order valence-electron chi connectivity index (χ2n) is 6.11. The lowest BCUT2D eigenvalue weighted by molar-refractivity contribution is 0.340. The van der Waals surface area contributed by atoms with E-state index in [1.54, 1.807) is 0 Å². The van der Waals surface area contributed by atoms with E-state index < -0.39 is 0 Å². The average molecular weight is 280 g/mol. The maximum Gasteiger partial charge on any atom is 0.137 e. The first-order chi connectivity index (χ1) is 9.13. The van der Waals surface area contributed by atoms with Gasteiger partial charge in [-0.05, 0) is 31.6 Å². The summed E-state index contributed by atoms with van der Waals surface area (Å²) < 4.78 is 0. The lowest BCUT2D eigenvalue weighted by Gasteiger charge is -2.25. The minimum atomic E-state index is 0.566. The van der Waals surface area contributed by atoms with Crippen molar-refractivity contribution in [2.24, 2.45) is 5.41 Å². The molecular weight excluding hydrogens is 258 g/mol. The third-order valence-corrected chi connectivity index (χ3v) is 5.19. The summed E-state index contributed by atoms with van der Waals surface area (Å²) in [7, 11) is 0. The molecule has 0 atom stereocenters. The first kappa shape index (κ1) is 13.2. The highest BCUT2D eigenvalue weighted by atomic mass is 35.5. The van der Waals surface area contributed by atoms with Crippen LogP contribution in [0.2, 0.25) is 5.15 Å². The Morgan fingerprint density at radius 1 is 1.21 bits per heavy atom. The summed E-state index contributed by atoms with van der Waals surface area (Å²) in [6, 6.07) is 0. The molecule has 0 unspecified atom stereocenters. The number of rotatable bonds is 2. The molecule has 0 bridgehead atoms. The molecular formula is C15H22ClN3. The van der Waals surface area contributed by atoms with Gasteiger partial charge in [0.15, 0.2) is 0 Å². The Hall–Kier alpha value is -0.830. The summed E-state index contributed by atoms with van der Waals surface area (Å²) in [6.45, 7) is 6.39. The van der Waals surface area contributed by atoms with Gasteiger partial charge in [-0.25, -0.2) is 9.97 Å². The number of anilines is 1. The van der Waals surface area contributed by atoms with Crippen LogP contribution in [0.25, 0.3) is 0 Å². The molecule has 0 radical (unpaired) electrons. The topological polar surface area (TPSA) is 29.0 Å². The van der Waals surface area contributed by atoms with Crippen molar-refractivity contribution in [2.45, 2.75) is 52.4 Å².